The number of morpholine rings is 1. The molecule has 2 heterocycles. The molecule has 0 radical (unpaired) electrons. The fourth-order valence-electron chi connectivity index (χ4n) is 3.50. The Morgan fingerprint density at radius 2 is 1.93 bits per heavy atom. The highest BCUT2D eigenvalue weighted by molar-refractivity contribution is 9.10. The Bertz CT molecular complexity index is 1020. The van der Waals surface area contributed by atoms with Crippen LogP contribution >= 0.6 is 27.7 Å². The number of carbonyl (C=O) groups excluding carboxylic acids is 1. The summed E-state index contributed by atoms with van der Waals surface area (Å²) < 4.78 is 33.1. The van der Waals surface area contributed by atoms with Crippen LogP contribution in [0, 0.1) is 0 Å². The Balaban J connectivity index is 1.59. The molecule has 29 heavy (non-hydrogen) atoms. The van der Waals surface area contributed by atoms with Gasteiger partial charge in [-0.15, -0.1) is 11.8 Å². The van der Waals surface area contributed by atoms with Crippen LogP contribution in [0.2, 0.25) is 0 Å². The van der Waals surface area contributed by atoms with E-state index in [-0.39, 0.29) is 16.8 Å². The number of carbonyl (C=O) groups is 1. The summed E-state index contributed by atoms with van der Waals surface area (Å²) >= 11 is 5.18. The SMILES string of the molecule is O=C(N[C@H]1CCSc2ccccc21)c1cc(S(=O)(=O)N2CCOCC2)ccc1Br. The van der Waals surface area contributed by atoms with Crippen LogP contribution in [0.5, 0.6) is 0 Å². The molecule has 0 bridgehead atoms. The van der Waals surface area contributed by atoms with E-state index in [2.05, 4.69) is 27.3 Å². The predicted octanol–water partition coefficient (Wildman–Crippen LogP) is 3.44. The summed E-state index contributed by atoms with van der Waals surface area (Å²) in [6.07, 6.45) is 0.830. The lowest BCUT2D eigenvalue weighted by Gasteiger charge is -2.27. The molecule has 2 aromatic rings. The number of thioether (sulfide) groups is 1. The predicted molar refractivity (Wildman–Crippen MR) is 116 cm³/mol. The number of nitrogens with one attached hydrogen (secondary N) is 1. The molecule has 0 unspecified atom stereocenters. The van der Waals surface area contributed by atoms with Gasteiger partial charge in [0, 0.05) is 28.2 Å². The first-order chi connectivity index (χ1) is 14.0. The van der Waals surface area contributed by atoms with Gasteiger partial charge in [0.1, 0.15) is 0 Å². The fraction of sp³-hybridized carbons (Fsp3) is 0.350. The molecule has 1 amide bonds. The number of amides is 1. The molecule has 1 saturated heterocycles. The highest BCUT2D eigenvalue weighted by atomic mass is 79.9. The van der Waals surface area contributed by atoms with E-state index in [0.29, 0.717) is 36.3 Å². The van der Waals surface area contributed by atoms with Crippen LogP contribution in [-0.2, 0) is 14.8 Å². The maximum absolute atomic E-state index is 13.0. The minimum Gasteiger partial charge on any atom is -0.379 e. The first-order valence-electron chi connectivity index (χ1n) is 9.37. The third-order valence-corrected chi connectivity index (χ3v) is 8.76. The number of sulfonamides is 1. The van der Waals surface area contributed by atoms with Gasteiger partial charge in [0.15, 0.2) is 0 Å². The molecule has 0 aliphatic carbocycles. The quantitative estimate of drug-likeness (QED) is 0.701. The summed E-state index contributed by atoms with van der Waals surface area (Å²) in [5.41, 5.74) is 1.42. The second kappa shape index (κ2) is 8.77. The van der Waals surface area contributed by atoms with E-state index in [1.165, 1.54) is 21.3 Å². The molecule has 6 nitrogen and oxygen atoms in total. The number of ether oxygens (including phenoxy) is 1. The average molecular weight is 497 g/mol. The van der Waals surface area contributed by atoms with Crippen molar-refractivity contribution >= 4 is 43.6 Å². The summed E-state index contributed by atoms with van der Waals surface area (Å²) in [4.78, 5) is 14.3. The summed E-state index contributed by atoms with van der Waals surface area (Å²) in [5, 5.41) is 3.08. The molecular formula is C20H21BrN2O4S2. The smallest absolute Gasteiger partial charge is 0.252 e. The highest BCUT2D eigenvalue weighted by Gasteiger charge is 2.28. The molecule has 1 fully saturated rings. The number of hydrogen-bond acceptors (Lipinski definition) is 5. The van der Waals surface area contributed by atoms with E-state index in [1.807, 2.05) is 18.2 Å². The lowest BCUT2D eigenvalue weighted by atomic mass is 10.0. The lowest BCUT2D eigenvalue weighted by Crippen LogP contribution is -2.40. The van der Waals surface area contributed by atoms with Crippen molar-refractivity contribution in [2.45, 2.75) is 22.3 Å². The van der Waals surface area contributed by atoms with Gasteiger partial charge in [-0.05, 0) is 52.2 Å². The van der Waals surface area contributed by atoms with Gasteiger partial charge < -0.3 is 10.1 Å². The summed E-state index contributed by atoms with van der Waals surface area (Å²) in [6.45, 7) is 1.39. The topological polar surface area (TPSA) is 75.7 Å². The fourth-order valence-corrected chi connectivity index (χ4v) is 6.49. The van der Waals surface area contributed by atoms with Crippen molar-refractivity contribution in [2.24, 2.45) is 0 Å². The zero-order valence-corrected chi connectivity index (χ0v) is 18.9. The summed E-state index contributed by atoms with van der Waals surface area (Å²) in [5.74, 6) is 0.636. The number of halogens is 1. The van der Waals surface area contributed by atoms with Crippen molar-refractivity contribution in [3.63, 3.8) is 0 Å². The number of nitrogens with zero attached hydrogens (tertiary/aromatic N) is 1. The largest absolute Gasteiger partial charge is 0.379 e. The number of rotatable bonds is 4. The molecule has 4 rings (SSSR count). The first-order valence-corrected chi connectivity index (χ1v) is 12.6. The van der Waals surface area contributed by atoms with Crippen LogP contribution in [0.3, 0.4) is 0 Å². The third-order valence-electron chi connectivity index (χ3n) is 5.05. The van der Waals surface area contributed by atoms with Gasteiger partial charge in [0.2, 0.25) is 10.0 Å². The minimum absolute atomic E-state index is 0.0913. The Labute approximate surface area is 183 Å². The second-order valence-corrected chi connectivity index (χ2v) is 10.8. The maximum Gasteiger partial charge on any atom is 0.252 e. The Morgan fingerprint density at radius 1 is 1.17 bits per heavy atom. The third kappa shape index (κ3) is 4.39. The van der Waals surface area contributed by atoms with Gasteiger partial charge in [-0.25, -0.2) is 8.42 Å². The molecule has 0 saturated carbocycles. The molecule has 1 atom stereocenters. The monoisotopic (exact) mass is 496 g/mol. The Morgan fingerprint density at radius 3 is 2.72 bits per heavy atom. The van der Waals surface area contributed by atoms with Crippen molar-refractivity contribution in [3.8, 4) is 0 Å². The van der Waals surface area contributed by atoms with Crippen LogP contribution in [-0.4, -0.2) is 50.7 Å². The van der Waals surface area contributed by atoms with Gasteiger partial charge in [-0.3, -0.25) is 4.79 Å². The highest BCUT2D eigenvalue weighted by Crippen LogP contribution is 2.36. The van der Waals surface area contributed by atoms with Gasteiger partial charge in [-0.1, -0.05) is 18.2 Å². The Hall–Kier alpha value is -1.39. The summed E-state index contributed by atoms with van der Waals surface area (Å²) in [7, 11) is -3.67. The van der Waals surface area contributed by atoms with Gasteiger partial charge in [0.25, 0.3) is 5.91 Å². The summed E-state index contributed by atoms with van der Waals surface area (Å²) in [6, 6.07) is 12.6. The molecule has 154 valence electrons. The number of fused-ring (bicyclic) bond motifs is 1. The zero-order chi connectivity index (χ0) is 20.4. The van der Waals surface area contributed by atoms with Crippen LogP contribution in [0.1, 0.15) is 28.4 Å². The standard InChI is InChI=1S/C20H21BrN2O4S2/c21-17-6-5-14(29(25,26)23-8-10-27-11-9-23)13-16(17)20(24)22-18-7-12-28-19-4-2-1-3-15(18)19/h1-6,13,18H,7-12H2,(H,22,24)/t18-/m0/s1. The molecule has 2 aliphatic rings. The number of hydrogen-bond donors (Lipinski definition) is 1. The molecule has 9 heteroatoms. The van der Waals surface area contributed by atoms with Crippen molar-refractivity contribution in [2.75, 3.05) is 32.1 Å². The van der Waals surface area contributed by atoms with E-state index < -0.39 is 10.0 Å². The van der Waals surface area contributed by atoms with E-state index in [1.54, 1.807) is 17.8 Å². The van der Waals surface area contributed by atoms with Crippen LogP contribution in [0.25, 0.3) is 0 Å². The van der Waals surface area contributed by atoms with Crippen molar-refractivity contribution in [3.05, 3.63) is 58.1 Å². The van der Waals surface area contributed by atoms with E-state index in [0.717, 1.165) is 17.7 Å². The molecule has 2 aliphatic heterocycles. The normalized spacial score (nSPS) is 20.1. The van der Waals surface area contributed by atoms with Crippen molar-refractivity contribution in [1.29, 1.82) is 0 Å². The second-order valence-electron chi connectivity index (χ2n) is 6.86. The molecule has 1 N–H and O–H groups in total. The maximum atomic E-state index is 13.0. The van der Waals surface area contributed by atoms with Crippen LogP contribution in [0.4, 0.5) is 0 Å². The Kier molecular flexibility index (Phi) is 6.31. The molecule has 0 spiro atoms. The van der Waals surface area contributed by atoms with E-state index in [4.69, 9.17) is 4.74 Å². The van der Waals surface area contributed by atoms with E-state index >= 15 is 0 Å². The van der Waals surface area contributed by atoms with E-state index in [9.17, 15) is 13.2 Å². The average Bonchev–Trinajstić information content (AvgIpc) is 2.75. The van der Waals surface area contributed by atoms with Crippen LogP contribution in [0.15, 0.2) is 56.7 Å². The minimum atomic E-state index is -3.67. The molecule has 0 aromatic heterocycles. The molecular weight excluding hydrogens is 476 g/mol. The van der Waals surface area contributed by atoms with Gasteiger partial charge in [0.05, 0.1) is 29.7 Å². The van der Waals surface area contributed by atoms with Crippen molar-refractivity contribution in [1.82, 2.24) is 9.62 Å². The van der Waals surface area contributed by atoms with Crippen LogP contribution < -0.4 is 5.32 Å². The zero-order valence-electron chi connectivity index (χ0n) is 15.6. The van der Waals surface area contributed by atoms with Crippen molar-refractivity contribution < 1.29 is 17.9 Å². The molecule has 2 aromatic carbocycles. The van der Waals surface area contributed by atoms with Gasteiger partial charge in [-0.2, -0.15) is 4.31 Å². The lowest BCUT2D eigenvalue weighted by molar-refractivity contribution is 0.0730. The first kappa shape index (κ1) is 20.9. The number of benzene rings is 2. The van der Waals surface area contributed by atoms with Gasteiger partial charge >= 0.3 is 0 Å².